The molecule has 3 nitrogen and oxygen atoms in total. The quantitative estimate of drug-likeness (QED) is 0.845. The van der Waals surface area contributed by atoms with Crippen molar-refractivity contribution >= 4 is 23.4 Å². The SMILES string of the molecule is NC(=O)c1ccc(N[C@H]2CCCSC2)cc1. The van der Waals surface area contributed by atoms with Crippen LogP contribution in [0.15, 0.2) is 24.3 Å². The van der Waals surface area contributed by atoms with Crippen LogP contribution >= 0.6 is 11.8 Å². The highest BCUT2D eigenvalue weighted by atomic mass is 32.2. The first kappa shape index (κ1) is 11.3. The number of thioether (sulfide) groups is 1. The third kappa shape index (κ3) is 2.92. The topological polar surface area (TPSA) is 55.1 Å². The van der Waals surface area contributed by atoms with Crippen molar-refractivity contribution < 1.29 is 4.79 Å². The summed E-state index contributed by atoms with van der Waals surface area (Å²) in [5.74, 6) is 2.07. The Morgan fingerprint density at radius 2 is 2.12 bits per heavy atom. The lowest BCUT2D eigenvalue weighted by Gasteiger charge is -2.23. The fourth-order valence-electron chi connectivity index (χ4n) is 1.82. The smallest absolute Gasteiger partial charge is 0.248 e. The van der Waals surface area contributed by atoms with Gasteiger partial charge in [0.05, 0.1) is 0 Å². The number of hydrogen-bond donors (Lipinski definition) is 2. The highest BCUT2D eigenvalue weighted by Crippen LogP contribution is 2.21. The van der Waals surface area contributed by atoms with Gasteiger partial charge < -0.3 is 11.1 Å². The molecule has 0 unspecified atom stereocenters. The number of rotatable bonds is 3. The van der Waals surface area contributed by atoms with E-state index in [1.54, 1.807) is 12.1 Å². The highest BCUT2D eigenvalue weighted by Gasteiger charge is 2.13. The largest absolute Gasteiger partial charge is 0.381 e. The van der Waals surface area contributed by atoms with E-state index >= 15 is 0 Å². The van der Waals surface area contributed by atoms with E-state index in [9.17, 15) is 4.79 Å². The molecule has 0 bridgehead atoms. The summed E-state index contributed by atoms with van der Waals surface area (Å²) < 4.78 is 0. The van der Waals surface area contributed by atoms with Crippen LogP contribution in [0.4, 0.5) is 5.69 Å². The Labute approximate surface area is 99.8 Å². The van der Waals surface area contributed by atoms with Crippen molar-refractivity contribution in [2.45, 2.75) is 18.9 Å². The van der Waals surface area contributed by atoms with Gasteiger partial charge in [-0.05, 0) is 42.9 Å². The molecule has 0 aromatic heterocycles. The zero-order valence-electron chi connectivity index (χ0n) is 9.11. The van der Waals surface area contributed by atoms with Gasteiger partial charge in [0.15, 0.2) is 0 Å². The van der Waals surface area contributed by atoms with Crippen LogP contribution in [0, 0.1) is 0 Å². The van der Waals surface area contributed by atoms with Gasteiger partial charge in [0.25, 0.3) is 0 Å². The Bertz CT molecular complexity index is 358. The van der Waals surface area contributed by atoms with Crippen molar-refractivity contribution in [2.75, 3.05) is 16.8 Å². The zero-order chi connectivity index (χ0) is 11.4. The van der Waals surface area contributed by atoms with Gasteiger partial charge in [0.2, 0.25) is 5.91 Å². The molecule has 0 radical (unpaired) electrons. The molecule has 1 aliphatic heterocycles. The van der Waals surface area contributed by atoms with E-state index in [4.69, 9.17) is 5.73 Å². The fraction of sp³-hybridized carbons (Fsp3) is 0.417. The summed E-state index contributed by atoms with van der Waals surface area (Å²) in [5, 5.41) is 3.47. The minimum atomic E-state index is -0.375. The molecular weight excluding hydrogens is 220 g/mol. The number of nitrogens with one attached hydrogen (secondary N) is 1. The highest BCUT2D eigenvalue weighted by molar-refractivity contribution is 7.99. The van der Waals surface area contributed by atoms with Crippen LogP contribution in [0.3, 0.4) is 0 Å². The van der Waals surface area contributed by atoms with Crippen LogP contribution in [-0.4, -0.2) is 23.5 Å². The number of primary amides is 1. The summed E-state index contributed by atoms with van der Waals surface area (Å²) in [4.78, 5) is 10.9. The van der Waals surface area contributed by atoms with Crippen LogP contribution < -0.4 is 11.1 Å². The second-order valence-corrected chi connectivity index (χ2v) is 5.15. The molecule has 1 fully saturated rings. The van der Waals surface area contributed by atoms with Gasteiger partial charge in [0.1, 0.15) is 0 Å². The van der Waals surface area contributed by atoms with Gasteiger partial charge in [0, 0.05) is 23.0 Å². The molecule has 0 spiro atoms. The second-order valence-electron chi connectivity index (χ2n) is 4.00. The zero-order valence-corrected chi connectivity index (χ0v) is 9.93. The number of benzene rings is 1. The molecule has 2 rings (SSSR count). The average Bonchev–Trinajstić information content (AvgIpc) is 2.31. The molecule has 0 aliphatic carbocycles. The summed E-state index contributed by atoms with van der Waals surface area (Å²) in [7, 11) is 0. The lowest BCUT2D eigenvalue weighted by Crippen LogP contribution is -2.25. The number of nitrogens with two attached hydrogens (primary N) is 1. The van der Waals surface area contributed by atoms with Crippen LogP contribution in [-0.2, 0) is 0 Å². The normalized spacial score (nSPS) is 20.4. The van der Waals surface area contributed by atoms with E-state index in [-0.39, 0.29) is 5.91 Å². The molecule has 86 valence electrons. The predicted molar refractivity (Wildman–Crippen MR) is 68.9 cm³/mol. The Hall–Kier alpha value is -1.16. The van der Waals surface area contributed by atoms with Gasteiger partial charge in [-0.15, -0.1) is 0 Å². The number of carbonyl (C=O) groups excluding carboxylic acids is 1. The van der Waals surface area contributed by atoms with Crippen molar-refractivity contribution in [1.29, 1.82) is 0 Å². The van der Waals surface area contributed by atoms with E-state index < -0.39 is 0 Å². The molecule has 3 N–H and O–H groups in total. The summed E-state index contributed by atoms with van der Waals surface area (Å²) in [6.45, 7) is 0. The molecule has 1 aliphatic rings. The van der Waals surface area contributed by atoms with Crippen LogP contribution in [0.5, 0.6) is 0 Å². The molecule has 1 aromatic carbocycles. The third-order valence-corrected chi connectivity index (χ3v) is 3.92. The Morgan fingerprint density at radius 1 is 1.38 bits per heavy atom. The average molecular weight is 236 g/mol. The van der Waals surface area contributed by atoms with E-state index in [0.29, 0.717) is 11.6 Å². The first-order valence-electron chi connectivity index (χ1n) is 5.50. The predicted octanol–water partition coefficient (Wildman–Crippen LogP) is 2.09. The van der Waals surface area contributed by atoms with Gasteiger partial charge in [-0.25, -0.2) is 0 Å². The van der Waals surface area contributed by atoms with Crippen LogP contribution in [0.1, 0.15) is 23.2 Å². The third-order valence-electron chi connectivity index (χ3n) is 2.70. The maximum Gasteiger partial charge on any atom is 0.248 e. The van der Waals surface area contributed by atoms with E-state index in [2.05, 4.69) is 5.32 Å². The molecule has 0 saturated carbocycles. The fourth-order valence-corrected chi connectivity index (χ4v) is 2.89. The summed E-state index contributed by atoms with van der Waals surface area (Å²) in [6, 6.07) is 7.91. The molecule has 1 heterocycles. The Kier molecular flexibility index (Phi) is 3.72. The van der Waals surface area contributed by atoms with E-state index in [1.165, 1.54) is 18.6 Å². The van der Waals surface area contributed by atoms with Crippen LogP contribution in [0.2, 0.25) is 0 Å². The number of hydrogen-bond acceptors (Lipinski definition) is 3. The lowest BCUT2D eigenvalue weighted by molar-refractivity contribution is 0.100. The van der Waals surface area contributed by atoms with Crippen molar-refractivity contribution in [3.8, 4) is 0 Å². The number of carbonyl (C=O) groups is 1. The van der Waals surface area contributed by atoms with E-state index in [0.717, 1.165) is 11.4 Å². The van der Waals surface area contributed by atoms with Gasteiger partial charge in [-0.1, -0.05) is 0 Å². The van der Waals surface area contributed by atoms with Crippen molar-refractivity contribution in [3.05, 3.63) is 29.8 Å². The summed E-state index contributed by atoms with van der Waals surface area (Å²) in [5.41, 5.74) is 6.81. The first-order chi connectivity index (χ1) is 7.75. The van der Waals surface area contributed by atoms with Crippen LogP contribution in [0.25, 0.3) is 0 Å². The summed E-state index contributed by atoms with van der Waals surface area (Å²) in [6.07, 6.45) is 2.51. The maximum atomic E-state index is 10.9. The summed E-state index contributed by atoms with van der Waals surface area (Å²) >= 11 is 1.99. The van der Waals surface area contributed by atoms with Gasteiger partial charge >= 0.3 is 0 Å². The number of amides is 1. The van der Waals surface area contributed by atoms with Crippen molar-refractivity contribution in [1.82, 2.24) is 0 Å². The lowest BCUT2D eigenvalue weighted by atomic mass is 10.1. The molecule has 1 amide bonds. The van der Waals surface area contributed by atoms with Crippen molar-refractivity contribution in [2.24, 2.45) is 5.73 Å². The minimum absolute atomic E-state index is 0.375. The van der Waals surface area contributed by atoms with Crippen molar-refractivity contribution in [3.63, 3.8) is 0 Å². The first-order valence-corrected chi connectivity index (χ1v) is 6.65. The Balaban J connectivity index is 1.96. The monoisotopic (exact) mass is 236 g/mol. The van der Waals surface area contributed by atoms with Gasteiger partial charge in [-0.3, -0.25) is 4.79 Å². The molecule has 1 atom stereocenters. The molecule has 1 saturated heterocycles. The molecular formula is C12H16N2OS. The van der Waals surface area contributed by atoms with E-state index in [1.807, 2.05) is 23.9 Å². The molecule has 16 heavy (non-hydrogen) atoms. The van der Waals surface area contributed by atoms with Gasteiger partial charge in [-0.2, -0.15) is 11.8 Å². The maximum absolute atomic E-state index is 10.9. The minimum Gasteiger partial charge on any atom is -0.381 e. The Morgan fingerprint density at radius 3 is 2.69 bits per heavy atom. The second kappa shape index (κ2) is 5.25. The molecule has 4 heteroatoms. The standard InChI is InChI=1S/C12H16N2OS/c13-12(15)9-3-5-10(6-4-9)14-11-2-1-7-16-8-11/h3-6,11,14H,1-2,7-8H2,(H2,13,15)/t11-/m0/s1. The number of anilines is 1. The molecule has 1 aromatic rings.